The van der Waals surface area contributed by atoms with Crippen LogP contribution in [0.25, 0.3) is 21.9 Å². The fraction of sp³-hybridized carbons (Fsp3) is 0.105. The zero-order valence-electron chi connectivity index (χ0n) is 14.6. The van der Waals surface area contributed by atoms with E-state index in [1.54, 1.807) is 30.3 Å². The molecule has 0 spiro atoms. The summed E-state index contributed by atoms with van der Waals surface area (Å²) in [6, 6.07) is 15.0. The van der Waals surface area contributed by atoms with E-state index in [0.717, 1.165) is 11.1 Å². The average Bonchev–Trinajstić information content (AvgIpc) is 3.01. The molecule has 1 heterocycles. The van der Waals surface area contributed by atoms with Gasteiger partial charge in [0.1, 0.15) is 10.4 Å². The molecule has 0 unspecified atom stereocenters. The number of nitrogens with one attached hydrogen (secondary N) is 1. The number of fused-ring (bicyclic) bond motifs is 2. The van der Waals surface area contributed by atoms with Crippen molar-refractivity contribution in [2.24, 2.45) is 0 Å². The minimum atomic E-state index is -4.15. The number of rotatable bonds is 4. The van der Waals surface area contributed by atoms with E-state index in [0.29, 0.717) is 5.39 Å². The molecule has 0 aliphatic heterocycles. The van der Waals surface area contributed by atoms with E-state index in [2.05, 4.69) is 4.98 Å². The van der Waals surface area contributed by atoms with E-state index in [1.165, 1.54) is 12.1 Å². The lowest BCUT2D eigenvalue weighted by Crippen LogP contribution is -2.12. The summed E-state index contributed by atoms with van der Waals surface area (Å²) in [6.07, 6.45) is 0. The molecule has 7 nitrogen and oxygen atoms in total. The minimum Gasteiger partial charge on any atom is -0.408 e. The monoisotopic (exact) mass is 384 g/mol. The third-order valence-corrected chi connectivity index (χ3v) is 5.52. The highest BCUT2D eigenvalue weighted by Gasteiger charge is 2.22. The van der Waals surface area contributed by atoms with Crippen LogP contribution in [0, 0.1) is 0 Å². The summed E-state index contributed by atoms with van der Waals surface area (Å²) in [6.45, 7) is 0. The fourth-order valence-electron chi connectivity index (χ4n) is 3.05. The normalized spacial score (nSPS) is 11.8. The Morgan fingerprint density at radius 1 is 0.963 bits per heavy atom. The molecular weight excluding hydrogens is 368 g/mol. The van der Waals surface area contributed by atoms with Gasteiger partial charge in [-0.2, -0.15) is 8.42 Å². The first-order valence-corrected chi connectivity index (χ1v) is 9.53. The molecule has 0 atom stereocenters. The number of hydrogen-bond donors (Lipinski definition) is 1. The van der Waals surface area contributed by atoms with Crippen molar-refractivity contribution in [2.45, 2.75) is 4.90 Å². The van der Waals surface area contributed by atoms with Crippen molar-refractivity contribution in [2.75, 3.05) is 19.0 Å². The van der Waals surface area contributed by atoms with Crippen molar-refractivity contribution in [3.63, 3.8) is 0 Å². The molecule has 0 aliphatic carbocycles. The maximum atomic E-state index is 13.0. The Labute approximate surface area is 154 Å². The first-order valence-electron chi connectivity index (χ1n) is 8.12. The van der Waals surface area contributed by atoms with Gasteiger partial charge in [0.2, 0.25) is 0 Å². The Morgan fingerprint density at radius 2 is 1.67 bits per heavy atom. The summed E-state index contributed by atoms with van der Waals surface area (Å²) in [5, 5.41) is 1.35. The lowest BCUT2D eigenvalue weighted by molar-refractivity contribution is 0.489. The standard InChI is InChI=1S/C19H16N2O5S/c1-21(2)14-8-3-7-13-12(14)6-4-11-17(13)27(23,24)26-16-10-5-9-15-18(16)20-19(22)25-15/h3-11H,1-2H3,(H,20,22). The number of hydrogen-bond acceptors (Lipinski definition) is 6. The molecular formula is C19H16N2O5S. The van der Waals surface area contributed by atoms with E-state index in [-0.39, 0.29) is 21.7 Å². The van der Waals surface area contributed by atoms with Crippen LogP contribution in [-0.2, 0) is 10.1 Å². The van der Waals surface area contributed by atoms with Crippen molar-refractivity contribution in [1.82, 2.24) is 4.98 Å². The van der Waals surface area contributed by atoms with Crippen LogP contribution in [0.1, 0.15) is 0 Å². The van der Waals surface area contributed by atoms with Crippen LogP contribution < -0.4 is 14.8 Å². The average molecular weight is 384 g/mol. The summed E-state index contributed by atoms with van der Waals surface area (Å²) < 4.78 is 36.3. The van der Waals surface area contributed by atoms with E-state index in [1.807, 2.05) is 31.1 Å². The zero-order valence-corrected chi connectivity index (χ0v) is 15.4. The molecule has 4 aromatic rings. The molecule has 4 rings (SSSR count). The second kappa shape index (κ2) is 6.17. The Kier molecular flexibility index (Phi) is 3.92. The van der Waals surface area contributed by atoms with Crippen LogP contribution in [0.4, 0.5) is 5.69 Å². The number of para-hydroxylation sites is 1. The summed E-state index contributed by atoms with van der Waals surface area (Å²) in [7, 11) is -0.364. The number of aromatic nitrogens is 1. The highest BCUT2D eigenvalue weighted by molar-refractivity contribution is 7.87. The number of benzene rings is 3. The SMILES string of the molecule is CN(C)c1cccc2c(S(=O)(=O)Oc3cccc4oc(=O)[nH]c34)cccc12. The molecule has 0 saturated carbocycles. The van der Waals surface area contributed by atoms with E-state index in [4.69, 9.17) is 8.60 Å². The number of aromatic amines is 1. The van der Waals surface area contributed by atoms with Gasteiger partial charge in [0, 0.05) is 30.6 Å². The van der Waals surface area contributed by atoms with Gasteiger partial charge in [-0.1, -0.05) is 30.3 Å². The topological polar surface area (TPSA) is 92.6 Å². The van der Waals surface area contributed by atoms with Gasteiger partial charge in [-0.05, 0) is 24.3 Å². The molecule has 0 radical (unpaired) electrons. The second-order valence-electron chi connectivity index (χ2n) is 6.20. The molecule has 0 amide bonds. The maximum absolute atomic E-state index is 13.0. The van der Waals surface area contributed by atoms with Gasteiger partial charge in [0.15, 0.2) is 11.3 Å². The second-order valence-corrected chi connectivity index (χ2v) is 7.72. The van der Waals surface area contributed by atoms with Gasteiger partial charge in [0.05, 0.1) is 0 Å². The molecule has 0 aliphatic rings. The van der Waals surface area contributed by atoms with Crippen LogP contribution in [-0.4, -0.2) is 27.5 Å². The molecule has 1 N–H and O–H groups in total. The van der Waals surface area contributed by atoms with E-state index < -0.39 is 15.9 Å². The van der Waals surface area contributed by atoms with Crippen molar-refractivity contribution in [1.29, 1.82) is 0 Å². The Morgan fingerprint density at radius 3 is 2.44 bits per heavy atom. The summed E-state index contributed by atoms with van der Waals surface area (Å²) in [5.74, 6) is -0.682. The van der Waals surface area contributed by atoms with Gasteiger partial charge in [-0.3, -0.25) is 4.98 Å². The summed E-state index contributed by atoms with van der Waals surface area (Å²) in [4.78, 5) is 15.8. The summed E-state index contributed by atoms with van der Waals surface area (Å²) in [5.41, 5.74) is 1.31. The van der Waals surface area contributed by atoms with Crippen LogP contribution in [0.15, 0.2) is 68.7 Å². The largest absolute Gasteiger partial charge is 0.417 e. The van der Waals surface area contributed by atoms with Crippen LogP contribution in [0.3, 0.4) is 0 Å². The van der Waals surface area contributed by atoms with Crippen LogP contribution in [0.2, 0.25) is 0 Å². The van der Waals surface area contributed by atoms with Crippen molar-refractivity contribution < 1.29 is 17.0 Å². The van der Waals surface area contributed by atoms with Crippen molar-refractivity contribution in [3.05, 3.63) is 65.1 Å². The van der Waals surface area contributed by atoms with Gasteiger partial charge < -0.3 is 13.5 Å². The molecule has 1 aromatic heterocycles. The fourth-order valence-corrected chi connectivity index (χ4v) is 4.21. The van der Waals surface area contributed by atoms with Crippen molar-refractivity contribution in [3.8, 4) is 5.75 Å². The predicted octanol–water partition coefficient (Wildman–Crippen LogP) is 3.11. The smallest absolute Gasteiger partial charge is 0.408 e. The van der Waals surface area contributed by atoms with E-state index >= 15 is 0 Å². The third-order valence-electron chi connectivity index (χ3n) is 4.23. The number of anilines is 1. The third kappa shape index (κ3) is 2.93. The minimum absolute atomic E-state index is 0.000817. The van der Waals surface area contributed by atoms with Gasteiger partial charge in [0.25, 0.3) is 0 Å². The summed E-state index contributed by atoms with van der Waals surface area (Å²) >= 11 is 0. The number of nitrogens with zero attached hydrogens (tertiary/aromatic N) is 1. The highest BCUT2D eigenvalue weighted by atomic mass is 32.2. The lowest BCUT2D eigenvalue weighted by atomic mass is 10.1. The maximum Gasteiger partial charge on any atom is 0.417 e. The Hall–Kier alpha value is -3.26. The number of H-pyrrole nitrogens is 1. The Balaban J connectivity index is 1.87. The lowest BCUT2D eigenvalue weighted by Gasteiger charge is -2.17. The van der Waals surface area contributed by atoms with Crippen molar-refractivity contribution >= 4 is 37.7 Å². The first kappa shape index (κ1) is 17.2. The molecule has 138 valence electrons. The Bertz CT molecular complexity index is 1320. The molecule has 27 heavy (non-hydrogen) atoms. The molecule has 3 aromatic carbocycles. The van der Waals surface area contributed by atoms with Crippen LogP contribution >= 0.6 is 0 Å². The van der Waals surface area contributed by atoms with Gasteiger partial charge >= 0.3 is 15.9 Å². The quantitative estimate of drug-likeness (QED) is 0.544. The first-order chi connectivity index (χ1) is 12.9. The number of oxazole rings is 1. The van der Waals surface area contributed by atoms with Crippen LogP contribution in [0.5, 0.6) is 5.75 Å². The van der Waals surface area contributed by atoms with Gasteiger partial charge in [-0.25, -0.2) is 4.79 Å². The predicted molar refractivity (Wildman–Crippen MR) is 103 cm³/mol. The zero-order chi connectivity index (χ0) is 19.2. The van der Waals surface area contributed by atoms with Gasteiger partial charge in [-0.15, -0.1) is 0 Å². The van der Waals surface area contributed by atoms with E-state index in [9.17, 15) is 13.2 Å². The molecule has 8 heteroatoms. The molecule has 0 bridgehead atoms. The highest BCUT2D eigenvalue weighted by Crippen LogP contribution is 2.32. The molecule has 0 fully saturated rings. The molecule has 0 saturated heterocycles.